The van der Waals surface area contributed by atoms with Crippen LogP contribution in [0.5, 0.6) is 0 Å². The van der Waals surface area contributed by atoms with E-state index in [4.69, 9.17) is 0 Å². The molecule has 0 aliphatic heterocycles. The summed E-state index contributed by atoms with van der Waals surface area (Å²) in [7, 11) is 0. The van der Waals surface area contributed by atoms with Crippen LogP contribution in [0, 0.1) is 13.8 Å². The van der Waals surface area contributed by atoms with Crippen molar-refractivity contribution in [1.82, 2.24) is 0 Å². The highest BCUT2D eigenvalue weighted by Crippen LogP contribution is 2.40. The van der Waals surface area contributed by atoms with E-state index >= 15 is 0 Å². The van der Waals surface area contributed by atoms with Crippen LogP contribution in [-0.4, -0.2) is 11.6 Å². The molecule has 1 aliphatic rings. The molecule has 0 aromatic heterocycles. The van der Waals surface area contributed by atoms with Crippen molar-refractivity contribution < 1.29 is 9.59 Å². The molecule has 0 amide bonds. The Hall–Kier alpha value is -3.78. The highest BCUT2D eigenvalue weighted by Gasteiger charge is 2.31. The van der Waals surface area contributed by atoms with Crippen LogP contribution < -0.4 is 0 Å². The van der Waals surface area contributed by atoms with E-state index in [2.05, 4.69) is 38.1 Å². The van der Waals surface area contributed by atoms with Gasteiger partial charge < -0.3 is 0 Å². The van der Waals surface area contributed by atoms with Gasteiger partial charge in [0.2, 0.25) is 0 Å². The smallest absolute Gasteiger partial charge is 0.194 e. The van der Waals surface area contributed by atoms with Crippen molar-refractivity contribution in [3.63, 3.8) is 0 Å². The molecule has 0 fully saturated rings. The number of rotatable bonds is 2. The SMILES string of the molecule is Cc1ccccc1-c1cc2c(cc1-c1ccccc1C)C(=O)c1ccccc1C2=O. The molecule has 144 valence electrons. The van der Waals surface area contributed by atoms with Crippen molar-refractivity contribution in [2.75, 3.05) is 0 Å². The van der Waals surface area contributed by atoms with Crippen molar-refractivity contribution >= 4 is 11.6 Å². The predicted octanol–water partition coefficient (Wildman–Crippen LogP) is 6.41. The summed E-state index contributed by atoms with van der Waals surface area (Å²) in [5.41, 5.74) is 8.26. The molecule has 4 aromatic carbocycles. The highest BCUT2D eigenvalue weighted by atomic mass is 16.1. The zero-order chi connectivity index (χ0) is 20.8. The van der Waals surface area contributed by atoms with Gasteiger partial charge in [-0.2, -0.15) is 0 Å². The van der Waals surface area contributed by atoms with Crippen LogP contribution in [-0.2, 0) is 0 Å². The molecular weight excluding hydrogens is 368 g/mol. The van der Waals surface area contributed by atoms with E-state index in [0.29, 0.717) is 22.3 Å². The first kappa shape index (κ1) is 18.3. The molecule has 5 rings (SSSR count). The van der Waals surface area contributed by atoms with Crippen LogP contribution in [0.25, 0.3) is 22.3 Å². The van der Waals surface area contributed by atoms with Gasteiger partial charge in [-0.05, 0) is 59.4 Å². The predicted molar refractivity (Wildman–Crippen MR) is 120 cm³/mol. The van der Waals surface area contributed by atoms with Gasteiger partial charge >= 0.3 is 0 Å². The Morgan fingerprint density at radius 1 is 0.400 bits per heavy atom. The maximum Gasteiger partial charge on any atom is 0.194 e. The van der Waals surface area contributed by atoms with Crippen LogP contribution >= 0.6 is 0 Å². The molecule has 0 bridgehead atoms. The third-order valence-corrected chi connectivity index (χ3v) is 5.93. The van der Waals surface area contributed by atoms with Gasteiger partial charge in [0.25, 0.3) is 0 Å². The summed E-state index contributed by atoms with van der Waals surface area (Å²) in [5, 5.41) is 0. The van der Waals surface area contributed by atoms with Crippen molar-refractivity contribution in [3.8, 4) is 22.3 Å². The Morgan fingerprint density at radius 2 is 0.733 bits per heavy atom. The van der Waals surface area contributed by atoms with Crippen molar-refractivity contribution in [2.45, 2.75) is 13.8 Å². The molecule has 2 heteroatoms. The molecule has 1 aliphatic carbocycles. The van der Waals surface area contributed by atoms with Crippen LogP contribution in [0.3, 0.4) is 0 Å². The third kappa shape index (κ3) is 2.73. The first-order valence-electron chi connectivity index (χ1n) is 10.0. The van der Waals surface area contributed by atoms with E-state index in [-0.39, 0.29) is 11.6 Å². The fourth-order valence-corrected chi connectivity index (χ4v) is 4.34. The monoisotopic (exact) mass is 388 g/mol. The van der Waals surface area contributed by atoms with Crippen LogP contribution in [0.2, 0.25) is 0 Å². The third-order valence-electron chi connectivity index (χ3n) is 5.93. The largest absolute Gasteiger partial charge is 0.289 e. The molecule has 0 saturated heterocycles. The lowest BCUT2D eigenvalue weighted by atomic mass is 9.79. The number of hydrogen-bond acceptors (Lipinski definition) is 2. The summed E-state index contributed by atoms with van der Waals surface area (Å²) >= 11 is 0. The maximum atomic E-state index is 13.3. The normalized spacial score (nSPS) is 12.5. The van der Waals surface area contributed by atoms with Crippen LogP contribution in [0.1, 0.15) is 43.0 Å². The van der Waals surface area contributed by atoms with Gasteiger partial charge in [-0.3, -0.25) is 9.59 Å². The number of carbonyl (C=O) groups excluding carboxylic acids is 2. The van der Waals surface area contributed by atoms with Gasteiger partial charge in [0.15, 0.2) is 11.6 Å². The Morgan fingerprint density at radius 3 is 1.10 bits per heavy atom. The van der Waals surface area contributed by atoms with E-state index in [1.807, 2.05) is 36.4 Å². The van der Waals surface area contributed by atoms with Crippen molar-refractivity contribution in [2.24, 2.45) is 0 Å². The molecule has 0 unspecified atom stereocenters. The topological polar surface area (TPSA) is 34.1 Å². The number of ketones is 2. The van der Waals surface area contributed by atoms with Gasteiger partial charge in [-0.1, -0.05) is 72.8 Å². The molecule has 0 radical (unpaired) electrons. The van der Waals surface area contributed by atoms with E-state index in [0.717, 1.165) is 33.4 Å². The summed E-state index contributed by atoms with van der Waals surface area (Å²) in [6.45, 7) is 4.14. The molecule has 0 N–H and O–H groups in total. The number of aryl methyl sites for hydroxylation is 2. The molecular formula is C28H20O2. The maximum absolute atomic E-state index is 13.3. The minimum absolute atomic E-state index is 0.0913. The Labute approximate surface area is 175 Å². The highest BCUT2D eigenvalue weighted by molar-refractivity contribution is 6.29. The zero-order valence-electron chi connectivity index (χ0n) is 16.9. The lowest BCUT2D eigenvalue weighted by molar-refractivity contribution is 0.0979. The fraction of sp³-hybridized carbons (Fsp3) is 0.0714. The zero-order valence-corrected chi connectivity index (χ0v) is 16.9. The number of hydrogen-bond donors (Lipinski definition) is 0. The van der Waals surface area contributed by atoms with Crippen LogP contribution in [0.4, 0.5) is 0 Å². The minimum atomic E-state index is -0.0913. The fourth-order valence-electron chi connectivity index (χ4n) is 4.34. The van der Waals surface area contributed by atoms with Gasteiger partial charge in [-0.25, -0.2) is 0 Å². The molecule has 0 atom stereocenters. The van der Waals surface area contributed by atoms with Gasteiger partial charge in [0.1, 0.15) is 0 Å². The molecule has 30 heavy (non-hydrogen) atoms. The second-order valence-electron chi connectivity index (χ2n) is 7.78. The molecule has 0 heterocycles. The first-order valence-corrected chi connectivity index (χ1v) is 10.0. The minimum Gasteiger partial charge on any atom is -0.289 e. The Balaban J connectivity index is 1.85. The average molecular weight is 388 g/mol. The van der Waals surface area contributed by atoms with Gasteiger partial charge in [0.05, 0.1) is 0 Å². The summed E-state index contributed by atoms with van der Waals surface area (Å²) in [5.74, 6) is -0.183. The van der Waals surface area contributed by atoms with E-state index in [9.17, 15) is 9.59 Å². The average Bonchev–Trinajstić information content (AvgIpc) is 2.77. The Kier molecular flexibility index (Phi) is 4.22. The molecule has 4 aromatic rings. The number of benzene rings is 4. The molecule has 0 saturated carbocycles. The first-order chi connectivity index (χ1) is 14.6. The van der Waals surface area contributed by atoms with Crippen LogP contribution in [0.15, 0.2) is 84.9 Å². The second-order valence-corrected chi connectivity index (χ2v) is 7.78. The van der Waals surface area contributed by atoms with E-state index < -0.39 is 0 Å². The quantitative estimate of drug-likeness (QED) is 0.350. The number of fused-ring (bicyclic) bond motifs is 2. The standard InChI is InChI=1S/C28H20O2/c1-17-9-3-5-11-19(17)23-15-25-26(16-24(23)20-12-6-4-10-18(20)2)28(30)22-14-8-7-13-21(22)27(25)29/h3-16H,1-2H3. The summed E-state index contributed by atoms with van der Waals surface area (Å²) in [6, 6.07) is 27.2. The van der Waals surface area contributed by atoms with Gasteiger partial charge in [-0.15, -0.1) is 0 Å². The summed E-state index contributed by atoms with van der Waals surface area (Å²) in [6.07, 6.45) is 0. The number of carbonyl (C=O) groups is 2. The lowest BCUT2D eigenvalue weighted by Crippen LogP contribution is -2.21. The van der Waals surface area contributed by atoms with Crippen molar-refractivity contribution in [1.29, 1.82) is 0 Å². The molecule has 2 nitrogen and oxygen atoms in total. The summed E-state index contributed by atoms with van der Waals surface area (Å²) in [4.78, 5) is 26.6. The van der Waals surface area contributed by atoms with Gasteiger partial charge in [0, 0.05) is 22.3 Å². The van der Waals surface area contributed by atoms with E-state index in [1.165, 1.54) is 0 Å². The summed E-state index contributed by atoms with van der Waals surface area (Å²) < 4.78 is 0. The van der Waals surface area contributed by atoms with Crippen molar-refractivity contribution in [3.05, 3.63) is 118 Å². The van der Waals surface area contributed by atoms with E-state index in [1.54, 1.807) is 24.3 Å². The lowest BCUT2D eigenvalue weighted by Gasteiger charge is -2.22. The Bertz CT molecular complexity index is 1240. The molecule has 0 spiro atoms. The second kappa shape index (κ2) is 6.93.